The van der Waals surface area contributed by atoms with Gasteiger partial charge in [0.25, 0.3) is 0 Å². The van der Waals surface area contributed by atoms with Gasteiger partial charge in [0.2, 0.25) is 5.89 Å². The minimum Gasteiger partial charge on any atom is -0.447 e. The molecule has 0 spiro atoms. The highest BCUT2D eigenvalue weighted by Crippen LogP contribution is 1.92. The Labute approximate surface area is 80.4 Å². The quantitative estimate of drug-likeness (QED) is 0.435. The molecule has 7 heteroatoms. The lowest BCUT2D eigenvalue weighted by molar-refractivity contribution is 0.252. The lowest BCUT2D eigenvalue weighted by Crippen LogP contribution is -2.43. The molecule has 1 aromatic heterocycles. The number of aliphatic imine (C=N–C) groups is 1. The van der Waals surface area contributed by atoms with E-state index in [0.717, 1.165) is 0 Å². The van der Waals surface area contributed by atoms with Crippen molar-refractivity contribution >= 4 is 12.0 Å². The van der Waals surface area contributed by atoms with Crippen LogP contribution in [0.25, 0.3) is 0 Å². The van der Waals surface area contributed by atoms with Gasteiger partial charge in [-0.1, -0.05) is 0 Å². The zero-order valence-electron chi connectivity index (χ0n) is 7.65. The Kier molecular flexibility index (Phi) is 3.48. The van der Waals surface area contributed by atoms with Gasteiger partial charge in [-0.2, -0.15) is 0 Å². The molecule has 14 heavy (non-hydrogen) atoms. The zero-order valence-corrected chi connectivity index (χ0v) is 7.65. The Hall–Kier alpha value is -2.05. The fourth-order valence-corrected chi connectivity index (χ4v) is 0.795. The average Bonchev–Trinajstić information content (AvgIpc) is 2.64. The average molecular weight is 197 g/mol. The minimum absolute atomic E-state index is 0.274. The molecule has 0 radical (unpaired) electrons. The summed E-state index contributed by atoms with van der Waals surface area (Å²) in [5.74, 6) is 0.771. The molecular weight excluding hydrogens is 186 g/mol. The summed E-state index contributed by atoms with van der Waals surface area (Å²) in [6.07, 6.45) is 2.99. The summed E-state index contributed by atoms with van der Waals surface area (Å²) >= 11 is 0. The zero-order chi connectivity index (χ0) is 10.4. The molecule has 4 N–H and O–H groups in total. The summed E-state index contributed by atoms with van der Waals surface area (Å²) in [5.41, 5.74) is 4.91. The van der Waals surface area contributed by atoms with E-state index >= 15 is 0 Å². The monoisotopic (exact) mass is 197 g/mol. The first-order valence-corrected chi connectivity index (χ1v) is 3.88. The van der Waals surface area contributed by atoms with Crippen LogP contribution in [0.4, 0.5) is 4.79 Å². The van der Waals surface area contributed by atoms with E-state index in [1.54, 1.807) is 0 Å². The number of nitrogens with two attached hydrogens (primary N) is 1. The van der Waals surface area contributed by atoms with Gasteiger partial charge in [0, 0.05) is 7.05 Å². The van der Waals surface area contributed by atoms with Crippen molar-refractivity contribution < 1.29 is 9.21 Å². The molecule has 0 saturated carbocycles. The first-order valence-electron chi connectivity index (χ1n) is 3.88. The molecule has 0 aliphatic carbocycles. The van der Waals surface area contributed by atoms with Gasteiger partial charge < -0.3 is 15.5 Å². The van der Waals surface area contributed by atoms with Crippen LogP contribution < -0.4 is 16.4 Å². The summed E-state index contributed by atoms with van der Waals surface area (Å²) in [4.78, 5) is 18.1. The van der Waals surface area contributed by atoms with Crippen LogP contribution in [0.2, 0.25) is 0 Å². The third-order valence-corrected chi connectivity index (χ3v) is 1.36. The minimum atomic E-state index is -0.675. The standard InChI is InChI=1S/C7H11N5O2/c1-9-7(12-6(8)13)11-4-5-10-2-3-14-5/h2-3H,4H2,1H3,(H4,8,9,11,12,13). The van der Waals surface area contributed by atoms with Gasteiger partial charge in [-0.3, -0.25) is 10.3 Å². The number of amides is 2. The number of urea groups is 1. The first-order chi connectivity index (χ1) is 6.72. The van der Waals surface area contributed by atoms with Gasteiger partial charge in [-0.25, -0.2) is 9.78 Å². The Morgan fingerprint density at radius 1 is 1.79 bits per heavy atom. The van der Waals surface area contributed by atoms with Gasteiger partial charge in [-0.15, -0.1) is 0 Å². The number of carbonyl (C=O) groups excluding carboxylic acids is 1. The smallest absolute Gasteiger partial charge is 0.318 e. The summed E-state index contributed by atoms with van der Waals surface area (Å²) < 4.78 is 4.96. The van der Waals surface area contributed by atoms with Crippen molar-refractivity contribution in [2.75, 3.05) is 7.05 Å². The third-order valence-electron chi connectivity index (χ3n) is 1.36. The van der Waals surface area contributed by atoms with E-state index < -0.39 is 6.03 Å². The maximum atomic E-state index is 10.5. The van der Waals surface area contributed by atoms with Crippen LogP contribution in [0.15, 0.2) is 21.9 Å². The number of carbonyl (C=O) groups is 1. The van der Waals surface area contributed by atoms with Crippen molar-refractivity contribution in [3.8, 4) is 0 Å². The predicted octanol–water partition coefficient (Wildman–Crippen LogP) is -0.582. The second-order valence-electron chi connectivity index (χ2n) is 2.34. The van der Waals surface area contributed by atoms with Crippen molar-refractivity contribution in [2.24, 2.45) is 10.7 Å². The predicted molar refractivity (Wildman–Crippen MR) is 49.4 cm³/mol. The highest BCUT2D eigenvalue weighted by molar-refractivity contribution is 5.95. The fraction of sp³-hybridized carbons (Fsp3) is 0.286. The maximum absolute atomic E-state index is 10.5. The first kappa shape index (κ1) is 10.0. The molecule has 1 rings (SSSR count). The van der Waals surface area contributed by atoms with E-state index in [-0.39, 0.29) is 5.96 Å². The van der Waals surface area contributed by atoms with Crippen LogP contribution in [-0.4, -0.2) is 24.0 Å². The van der Waals surface area contributed by atoms with E-state index in [4.69, 9.17) is 10.2 Å². The van der Waals surface area contributed by atoms with E-state index in [0.29, 0.717) is 12.4 Å². The van der Waals surface area contributed by atoms with Crippen LogP contribution in [0, 0.1) is 0 Å². The van der Waals surface area contributed by atoms with E-state index in [2.05, 4.69) is 20.6 Å². The van der Waals surface area contributed by atoms with Crippen molar-refractivity contribution in [3.63, 3.8) is 0 Å². The summed E-state index contributed by atoms with van der Waals surface area (Å²) in [6, 6.07) is -0.675. The second kappa shape index (κ2) is 4.85. The molecule has 76 valence electrons. The highest BCUT2D eigenvalue weighted by atomic mass is 16.3. The molecule has 1 aromatic rings. The summed E-state index contributed by atoms with van der Waals surface area (Å²) in [6.45, 7) is 0.333. The molecule has 0 bridgehead atoms. The van der Waals surface area contributed by atoms with E-state index in [1.807, 2.05) is 0 Å². The molecule has 0 fully saturated rings. The highest BCUT2D eigenvalue weighted by Gasteiger charge is 2.02. The van der Waals surface area contributed by atoms with Crippen molar-refractivity contribution in [3.05, 3.63) is 18.4 Å². The fourth-order valence-electron chi connectivity index (χ4n) is 0.795. The Balaban J connectivity index is 2.39. The van der Waals surface area contributed by atoms with E-state index in [1.165, 1.54) is 19.5 Å². The van der Waals surface area contributed by atoms with Crippen LogP contribution in [-0.2, 0) is 6.54 Å². The van der Waals surface area contributed by atoms with E-state index in [9.17, 15) is 4.79 Å². The van der Waals surface area contributed by atoms with Crippen molar-refractivity contribution in [2.45, 2.75) is 6.54 Å². The van der Waals surface area contributed by atoms with Gasteiger partial charge >= 0.3 is 6.03 Å². The Bertz CT molecular complexity index is 319. The maximum Gasteiger partial charge on any atom is 0.318 e. The molecule has 7 nitrogen and oxygen atoms in total. The number of nitrogens with one attached hydrogen (secondary N) is 2. The molecule has 2 amide bonds. The lowest BCUT2D eigenvalue weighted by Gasteiger charge is -2.06. The normalized spacial score (nSPS) is 11.1. The Morgan fingerprint density at radius 2 is 2.57 bits per heavy atom. The number of oxazole rings is 1. The lowest BCUT2D eigenvalue weighted by atomic mass is 10.6. The summed E-state index contributed by atoms with van der Waals surface area (Å²) in [5, 5.41) is 5.09. The van der Waals surface area contributed by atoms with Crippen molar-refractivity contribution in [1.82, 2.24) is 15.6 Å². The van der Waals surface area contributed by atoms with Gasteiger partial charge in [-0.05, 0) is 0 Å². The van der Waals surface area contributed by atoms with Crippen LogP contribution in [0.3, 0.4) is 0 Å². The van der Waals surface area contributed by atoms with Crippen LogP contribution >= 0.6 is 0 Å². The second-order valence-corrected chi connectivity index (χ2v) is 2.34. The molecule has 0 unspecified atom stereocenters. The molecule has 1 heterocycles. The number of rotatable bonds is 2. The molecular formula is C7H11N5O2. The largest absolute Gasteiger partial charge is 0.447 e. The SMILES string of the molecule is CN=C(NCc1ncco1)NC(N)=O. The number of aromatic nitrogens is 1. The molecule has 0 aliphatic heterocycles. The Morgan fingerprint density at radius 3 is 3.07 bits per heavy atom. The molecule has 0 aromatic carbocycles. The van der Waals surface area contributed by atoms with Gasteiger partial charge in [0.05, 0.1) is 12.7 Å². The van der Waals surface area contributed by atoms with Crippen molar-refractivity contribution in [1.29, 1.82) is 0 Å². The topological polar surface area (TPSA) is 106 Å². The third kappa shape index (κ3) is 3.13. The van der Waals surface area contributed by atoms with Crippen LogP contribution in [0.5, 0.6) is 0 Å². The number of primary amides is 1. The van der Waals surface area contributed by atoms with Crippen LogP contribution in [0.1, 0.15) is 5.89 Å². The van der Waals surface area contributed by atoms with Gasteiger partial charge in [0.15, 0.2) is 5.96 Å². The molecule has 0 saturated heterocycles. The van der Waals surface area contributed by atoms with Gasteiger partial charge in [0.1, 0.15) is 6.26 Å². The number of hydrogen-bond acceptors (Lipinski definition) is 4. The number of guanidine groups is 1. The molecule has 0 aliphatic rings. The number of hydrogen-bond donors (Lipinski definition) is 3. The summed E-state index contributed by atoms with van der Waals surface area (Å²) in [7, 11) is 1.52. The number of nitrogens with zero attached hydrogens (tertiary/aromatic N) is 2. The molecule has 0 atom stereocenters.